The van der Waals surface area contributed by atoms with Crippen molar-refractivity contribution in [1.82, 2.24) is 9.38 Å². The van der Waals surface area contributed by atoms with Crippen molar-refractivity contribution < 1.29 is 4.84 Å². The lowest BCUT2D eigenvalue weighted by Gasteiger charge is -2.03. The molecule has 4 rings (SSSR count). The Balaban J connectivity index is 1.52. The third-order valence-electron chi connectivity index (χ3n) is 3.78. The molecule has 0 N–H and O–H groups in total. The van der Waals surface area contributed by atoms with E-state index in [-0.39, 0.29) is 6.61 Å². The summed E-state index contributed by atoms with van der Waals surface area (Å²) < 4.78 is 1.98. The maximum atomic E-state index is 6.16. The molecule has 28 heavy (non-hydrogen) atoms. The van der Waals surface area contributed by atoms with Gasteiger partial charge >= 0.3 is 0 Å². The predicted molar refractivity (Wildman–Crippen MR) is 117 cm³/mol. The van der Waals surface area contributed by atoms with Crippen LogP contribution in [0.3, 0.4) is 0 Å². The van der Waals surface area contributed by atoms with Gasteiger partial charge in [-0.3, -0.25) is 4.40 Å². The lowest BCUT2D eigenvalue weighted by Crippen LogP contribution is -1.93. The summed E-state index contributed by atoms with van der Waals surface area (Å²) in [6.45, 7) is 0.248. The minimum atomic E-state index is 0.248. The van der Waals surface area contributed by atoms with Gasteiger partial charge in [0.05, 0.1) is 6.21 Å². The van der Waals surface area contributed by atoms with Gasteiger partial charge in [-0.2, -0.15) is 0 Å². The second kappa shape index (κ2) is 8.76. The van der Waals surface area contributed by atoms with Gasteiger partial charge in [-0.1, -0.05) is 57.8 Å². The monoisotopic (exact) mass is 467 g/mol. The summed E-state index contributed by atoms with van der Waals surface area (Å²) in [5, 5.41) is 8.76. The molecule has 0 atom stereocenters. The van der Waals surface area contributed by atoms with Gasteiger partial charge < -0.3 is 4.84 Å². The highest BCUT2D eigenvalue weighted by Crippen LogP contribution is 2.31. The van der Waals surface area contributed by atoms with Crippen molar-refractivity contribution in [2.75, 3.05) is 0 Å². The lowest BCUT2D eigenvalue weighted by molar-refractivity contribution is 0.132. The van der Waals surface area contributed by atoms with Crippen molar-refractivity contribution in [1.29, 1.82) is 0 Å². The highest BCUT2D eigenvalue weighted by molar-refractivity contribution is 7.99. The minimum absolute atomic E-state index is 0.248. The molecule has 0 saturated heterocycles. The molecule has 0 spiro atoms. The summed E-state index contributed by atoms with van der Waals surface area (Å²) >= 11 is 21.1. The maximum absolute atomic E-state index is 6.16. The zero-order chi connectivity index (χ0) is 19.5. The van der Waals surface area contributed by atoms with Gasteiger partial charge in [-0.25, -0.2) is 4.98 Å². The van der Waals surface area contributed by atoms with E-state index >= 15 is 0 Å². The Kier molecular flexibility index (Phi) is 6.13. The van der Waals surface area contributed by atoms with Crippen LogP contribution in [-0.2, 0) is 11.4 Å². The summed E-state index contributed by atoms with van der Waals surface area (Å²) in [6, 6.07) is 12.9. The quantitative estimate of drug-likeness (QED) is 0.225. The fourth-order valence-corrected chi connectivity index (χ4v) is 4.67. The number of oxime groups is 1. The first-order valence-corrected chi connectivity index (χ1v) is 10.9. The molecule has 0 aliphatic rings. The third kappa shape index (κ3) is 4.47. The van der Waals surface area contributed by atoms with E-state index in [4.69, 9.17) is 39.6 Å². The summed E-state index contributed by atoms with van der Waals surface area (Å²) in [4.78, 5) is 12.0. The normalized spacial score (nSPS) is 11.5. The highest BCUT2D eigenvalue weighted by atomic mass is 35.5. The van der Waals surface area contributed by atoms with E-state index in [1.807, 2.05) is 46.3 Å². The number of fused-ring (bicyclic) bond motifs is 1. The van der Waals surface area contributed by atoms with Crippen molar-refractivity contribution in [3.05, 3.63) is 80.4 Å². The number of thiazole rings is 1. The molecule has 9 heteroatoms. The molecule has 4 aromatic rings. The molecular weight excluding hydrogens is 457 g/mol. The van der Waals surface area contributed by atoms with Crippen LogP contribution >= 0.6 is 57.9 Å². The van der Waals surface area contributed by atoms with Gasteiger partial charge in [0, 0.05) is 37.1 Å². The first kappa shape index (κ1) is 19.6. The molecule has 0 fully saturated rings. The van der Waals surface area contributed by atoms with Crippen LogP contribution in [0.25, 0.3) is 4.96 Å². The van der Waals surface area contributed by atoms with Crippen molar-refractivity contribution in [2.24, 2.45) is 5.16 Å². The number of hydrogen-bond donors (Lipinski definition) is 0. The number of halogens is 3. The number of imidazole rings is 1. The van der Waals surface area contributed by atoms with Crippen LogP contribution in [0.1, 0.15) is 11.3 Å². The van der Waals surface area contributed by atoms with E-state index in [0.29, 0.717) is 15.1 Å². The van der Waals surface area contributed by atoms with E-state index in [9.17, 15) is 0 Å². The third-order valence-corrected chi connectivity index (χ3v) is 6.38. The Bertz CT molecular complexity index is 1140. The average molecular weight is 469 g/mol. The Morgan fingerprint density at radius 3 is 2.68 bits per heavy atom. The van der Waals surface area contributed by atoms with E-state index in [0.717, 1.165) is 26.1 Å². The van der Waals surface area contributed by atoms with E-state index in [2.05, 4.69) is 10.1 Å². The SMILES string of the molecule is Clc1ccc(Sc2nc3sccn3c2/C=N\OCc2ccc(Cl)cc2Cl)cc1. The van der Waals surface area contributed by atoms with Crippen LogP contribution in [0.2, 0.25) is 15.1 Å². The Morgan fingerprint density at radius 1 is 1.11 bits per heavy atom. The lowest BCUT2D eigenvalue weighted by atomic mass is 10.2. The standard InChI is InChI=1S/C19H12Cl3N3OS2/c20-13-3-5-15(6-4-13)28-18-17(25-7-8-27-19(25)24-18)10-23-26-11-12-1-2-14(21)9-16(12)22/h1-10H,11H2/b23-10-. The van der Waals surface area contributed by atoms with Gasteiger partial charge in [-0.05, 0) is 36.4 Å². The molecule has 2 aromatic heterocycles. The second-order valence-electron chi connectivity index (χ2n) is 5.66. The zero-order valence-corrected chi connectivity index (χ0v) is 18.1. The molecule has 0 aliphatic carbocycles. The number of rotatable bonds is 6. The summed E-state index contributed by atoms with van der Waals surface area (Å²) in [7, 11) is 0. The molecular formula is C19H12Cl3N3OS2. The van der Waals surface area contributed by atoms with Crippen molar-refractivity contribution in [3.63, 3.8) is 0 Å². The van der Waals surface area contributed by atoms with Gasteiger partial charge in [0.2, 0.25) is 0 Å². The van der Waals surface area contributed by atoms with E-state index < -0.39 is 0 Å². The van der Waals surface area contributed by atoms with Crippen molar-refractivity contribution in [2.45, 2.75) is 16.5 Å². The van der Waals surface area contributed by atoms with Crippen LogP contribution in [0.15, 0.2) is 69.1 Å². The molecule has 0 bridgehead atoms. The zero-order valence-electron chi connectivity index (χ0n) is 14.2. The molecule has 2 aromatic carbocycles. The number of hydrogen-bond acceptors (Lipinski definition) is 5. The molecule has 0 amide bonds. The molecule has 142 valence electrons. The van der Waals surface area contributed by atoms with Gasteiger partial charge in [0.15, 0.2) is 4.96 Å². The molecule has 0 radical (unpaired) electrons. The predicted octanol–water partition coefficient (Wildman–Crippen LogP) is 7.06. The first-order chi connectivity index (χ1) is 13.6. The first-order valence-electron chi connectivity index (χ1n) is 8.08. The average Bonchev–Trinajstić information content (AvgIpc) is 3.24. The molecule has 2 heterocycles. The molecule has 4 nitrogen and oxygen atoms in total. The van der Waals surface area contributed by atoms with Gasteiger partial charge in [-0.15, -0.1) is 11.3 Å². The van der Waals surface area contributed by atoms with Crippen LogP contribution in [0.5, 0.6) is 0 Å². The number of aromatic nitrogens is 2. The Morgan fingerprint density at radius 2 is 1.89 bits per heavy atom. The Hall–Kier alpha value is -1.70. The highest BCUT2D eigenvalue weighted by Gasteiger charge is 2.13. The summed E-state index contributed by atoms with van der Waals surface area (Å²) in [6.07, 6.45) is 3.62. The van der Waals surface area contributed by atoms with Crippen LogP contribution in [0, 0.1) is 0 Å². The molecule has 0 unspecified atom stereocenters. The molecule has 0 saturated carbocycles. The fourth-order valence-electron chi connectivity index (χ4n) is 2.42. The van der Waals surface area contributed by atoms with Crippen LogP contribution in [0.4, 0.5) is 0 Å². The van der Waals surface area contributed by atoms with Crippen LogP contribution < -0.4 is 0 Å². The van der Waals surface area contributed by atoms with Gasteiger partial charge in [0.25, 0.3) is 0 Å². The van der Waals surface area contributed by atoms with E-state index in [1.54, 1.807) is 41.4 Å². The van der Waals surface area contributed by atoms with Crippen molar-refractivity contribution in [3.8, 4) is 0 Å². The fraction of sp³-hybridized carbons (Fsp3) is 0.0526. The topological polar surface area (TPSA) is 38.9 Å². The number of benzene rings is 2. The largest absolute Gasteiger partial charge is 0.391 e. The minimum Gasteiger partial charge on any atom is -0.391 e. The maximum Gasteiger partial charge on any atom is 0.195 e. The smallest absolute Gasteiger partial charge is 0.195 e. The summed E-state index contributed by atoms with van der Waals surface area (Å²) in [5.41, 5.74) is 1.66. The summed E-state index contributed by atoms with van der Waals surface area (Å²) in [5.74, 6) is 0. The van der Waals surface area contributed by atoms with Crippen molar-refractivity contribution >= 4 is 69.1 Å². The Labute approximate surface area is 184 Å². The second-order valence-corrected chi connectivity index (χ2v) is 8.87. The van der Waals surface area contributed by atoms with Crippen LogP contribution in [-0.4, -0.2) is 15.6 Å². The molecule has 0 aliphatic heterocycles. The van der Waals surface area contributed by atoms with Gasteiger partial charge in [0.1, 0.15) is 17.3 Å². The van der Waals surface area contributed by atoms with E-state index in [1.165, 1.54) is 0 Å². The number of nitrogens with zero attached hydrogens (tertiary/aromatic N) is 3.